The number of rotatable bonds is 17. The molecule has 196 valence electrons. The van der Waals surface area contributed by atoms with Crippen LogP contribution in [0.3, 0.4) is 0 Å². The Labute approximate surface area is 223 Å². The number of unbranched alkanes of at least 4 members (excludes halogenated alkanes) is 6. The summed E-state index contributed by atoms with van der Waals surface area (Å²) >= 11 is 0. The van der Waals surface area contributed by atoms with E-state index in [4.69, 9.17) is 0 Å². The first-order valence-corrected chi connectivity index (χ1v) is 15.2. The van der Waals surface area contributed by atoms with Crippen LogP contribution < -0.4 is 0 Å². The van der Waals surface area contributed by atoms with Crippen LogP contribution in [0.2, 0.25) is 0 Å². The summed E-state index contributed by atoms with van der Waals surface area (Å²) in [7, 11) is 0. The molecule has 2 unspecified atom stereocenters. The first-order chi connectivity index (χ1) is 17.7. The first-order valence-electron chi connectivity index (χ1n) is 15.2. The van der Waals surface area contributed by atoms with Crippen LogP contribution in [0.5, 0.6) is 0 Å². The predicted molar refractivity (Wildman–Crippen MR) is 161 cm³/mol. The number of hydrogen-bond acceptors (Lipinski definition) is 0. The van der Waals surface area contributed by atoms with Gasteiger partial charge in [-0.15, -0.1) is 0 Å². The molecule has 0 aromatic carbocycles. The third-order valence-electron chi connectivity index (χ3n) is 8.08. The van der Waals surface area contributed by atoms with Gasteiger partial charge in [0.2, 0.25) is 0 Å². The Kier molecular flexibility index (Phi) is 11.6. The van der Waals surface area contributed by atoms with Gasteiger partial charge in [0, 0.05) is 10.8 Å². The van der Waals surface area contributed by atoms with Crippen molar-refractivity contribution in [2.75, 3.05) is 0 Å². The molecule has 0 heterocycles. The summed E-state index contributed by atoms with van der Waals surface area (Å²) in [4.78, 5) is 0. The van der Waals surface area contributed by atoms with Crippen molar-refractivity contribution in [1.82, 2.24) is 0 Å². The van der Waals surface area contributed by atoms with Crippen molar-refractivity contribution in [3.63, 3.8) is 0 Å². The maximum atomic E-state index is 2.63. The molecular formula is C36H52. The third kappa shape index (κ3) is 6.81. The molecule has 3 aliphatic rings. The van der Waals surface area contributed by atoms with Crippen LogP contribution in [0, 0.1) is 10.8 Å². The van der Waals surface area contributed by atoms with E-state index in [0.717, 1.165) is 25.7 Å². The molecule has 0 N–H and O–H groups in total. The van der Waals surface area contributed by atoms with Crippen LogP contribution in [0.4, 0.5) is 0 Å². The molecule has 0 aromatic rings. The van der Waals surface area contributed by atoms with Gasteiger partial charge < -0.3 is 0 Å². The lowest BCUT2D eigenvalue weighted by Crippen LogP contribution is -2.34. The molecule has 0 aliphatic heterocycles. The highest BCUT2D eigenvalue weighted by atomic mass is 14.6. The Morgan fingerprint density at radius 2 is 1.39 bits per heavy atom. The lowest BCUT2D eigenvalue weighted by molar-refractivity contribution is 0.340. The van der Waals surface area contributed by atoms with E-state index in [1.807, 2.05) is 0 Å². The molecule has 0 nitrogen and oxygen atoms in total. The van der Waals surface area contributed by atoms with Crippen molar-refractivity contribution in [1.29, 1.82) is 0 Å². The molecule has 2 atom stereocenters. The highest BCUT2D eigenvalue weighted by Gasteiger charge is 2.55. The zero-order chi connectivity index (χ0) is 25.7. The fourth-order valence-corrected chi connectivity index (χ4v) is 5.82. The molecule has 3 rings (SSSR count). The van der Waals surface area contributed by atoms with E-state index in [1.54, 1.807) is 22.3 Å². The second-order valence-electron chi connectivity index (χ2n) is 11.0. The summed E-state index contributed by atoms with van der Waals surface area (Å²) in [5.41, 5.74) is 6.31. The summed E-state index contributed by atoms with van der Waals surface area (Å²) < 4.78 is 0. The fourth-order valence-electron chi connectivity index (χ4n) is 5.82. The van der Waals surface area contributed by atoms with E-state index in [0.29, 0.717) is 0 Å². The van der Waals surface area contributed by atoms with Crippen LogP contribution in [-0.4, -0.2) is 0 Å². The molecule has 36 heavy (non-hydrogen) atoms. The Balaban J connectivity index is 2.20. The minimum absolute atomic E-state index is 0.0434. The molecule has 0 radical (unpaired) electrons. The third-order valence-corrected chi connectivity index (χ3v) is 8.08. The number of allylic oxidation sites excluding steroid dienone is 16. The van der Waals surface area contributed by atoms with Crippen LogP contribution in [-0.2, 0) is 0 Å². The highest BCUT2D eigenvalue weighted by molar-refractivity contribution is 5.65. The van der Waals surface area contributed by atoms with E-state index in [-0.39, 0.29) is 10.8 Å². The van der Waals surface area contributed by atoms with E-state index >= 15 is 0 Å². The lowest BCUT2D eigenvalue weighted by atomic mass is 9.61. The maximum Gasteiger partial charge on any atom is 0.0449 e. The van der Waals surface area contributed by atoms with Crippen LogP contribution in [0.15, 0.2) is 95.2 Å². The van der Waals surface area contributed by atoms with Gasteiger partial charge in [-0.2, -0.15) is 0 Å². The van der Waals surface area contributed by atoms with E-state index in [1.165, 1.54) is 64.2 Å². The second-order valence-corrected chi connectivity index (χ2v) is 11.0. The SMILES string of the molecule is CCC=CC=CC1(C=CCCCCC)C(C2=CC2)=C(C2=CCC2)CC1(C=CCCC)C=CCCCC. The van der Waals surface area contributed by atoms with Crippen molar-refractivity contribution in [2.24, 2.45) is 10.8 Å². The molecule has 0 amide bonds. The Bertz CT molecular complexity index is 941. The van der Waals surface area contributed by atoms with Crippen molar-refractivity contribution < 1.29 is 0 Å². The molecular weight excluding hydrogens is 432 g/mol. The van der Waals surface area contributed by atoms with Gasteiger partial charge in [-0.1, -0.05) is 133 Å². The quantitative estimate of drug-likeness (QED) is 0.109. The molecule has 0 bridgehead atoms. The van der Waals surface area contributed by atoms with Gasteiger partial charge in [-0.05, 0) is 80.1 Å². The minimum Gasteiger partial charge on any atom is -0.0876 e. The topological polar surface area (TPSA) is 0 Å². The molecule has 0 fully saturated rings. The van der Waals surface area contributed by atoms with Gasteiger partial charge in [-0.25, -0.2) is 0 Å². The summed E-state index contributed by atoms with van der Waals surface area (Å²) in [5.74, 6) is 0. The monoisotopic (exact) mass is 484 g/mol. The van der Waals surface area contributed by atoms with Crippen LogP contribution >= 0.6 is 0 Å². The highest BCUT2D eigenvalue weighted by Crippen LogP contribution is 2.65. The van der Waals surface area contributed by atoms with Gasteiger partial charge in [0.15, 0.2) is 0 Å². The van der Waals surface area contributed by atoms with Crippen molar-refractivity contribution >= 4 is 0 Å². The molecule has 0 aromatic heterocycles. The molecule has 0 spiro atoms. The smallest absolute Gasteiger partial charge is 0.0449 e. The van der Waals surface area contributed by atoms with E-state index in [2.05, 4.69) is 101 Å². The molecule has 0 saturated carbocycles. The van der Waals surface area contributed by atoms with Crippen LogP contribution in [0.1, 0.15) is 118 Å². The summed E-state index contributed by atoms with van der Waals surface area (Å²) in [6.45, 7) is 9.11. The zero-order valence-corrected chi connectivity index (χ0v) is 23.8. The maximum absolute atomic E-state index is 2.63. The Morgan fingerprint density at radius 1 is 0.694 bits per heavy atom. The predicted octanol–water partition coefficient (Wildman–Crippen LogP) is 11.5. The van der Waals surface area contributed by atoms with Crippen LogP contribution in [0.25, 0.3) is 0 Å². The van der Waals surface area contributed by atoms with E-state index < -0.39 is 0 Å². The largest absolute Gasteiger partial charge is 0.0876 e. The normalized spacial score (nSPS) is 26.3. The fraction of sp³-hybridized carbons (Fsp3) is 0.556. The molecule has 0 saturated heterocycles. The van der Waals surface area contributed by atoms with Gasteiger partial charge in [-0.3, -0.25) is 0 Å². The van der Waals surface area contributed by atoms with Crippen molar-refractivity contribution in [3.05, 3.63) is 95.2 Å². The Morgan fingerprint density at radius 3 is 2.00 bits per heavy atom. The molecule has 3 aliphatic carbocycles. The van der Waals surface area contributed by atoms with Gasteiger partial charge in [0.25, 0.3) is 0 Å². The summed E-state index contributed by atoms with van der Waals surface area (Å²) in [6.07, 6.45) is 46.7. The minimum atomic E-state index is -0.127. The standard InChI is InChI=1S/C36H52/c1-5-9-13-16-20-29-36(28-19-15-11-7-3)34(32-24-25-32)33(31-22-21-23-31)30-35(36,26-17-12-8-4)27-18-14-10-6-2/h11,15,17-20,22,24,26-29H,5-10,12-14,16,21,23,25,30H2,1-4H3. The molecule has 0 heteroatoms. The number of hydrogen-bond donors (Lipinski definition) is 0. The first kappa shape index (κ1) is 28.5. The Hall–Kier alpha value is -2.08. The van der Waals surface area contributed by atoms with Crippen molar-refractivity contribution in [2.45, 2.75) is 118 Å². The van der Waals surface area contributed by atoms with Gasteiger partial charge in [0.05, 0.1) is 0 Å². The average molecular weight is 485 g/mol. The summed E-state index contributed by atoms with van der Waals surface area (Å²) in [6, 6.07) is 0. The van der Waals surface area contributed by atoms with Gasteiger partial charge in [0.1, 0.15) is 0 Å². The second kappa shape index (κ2) is 14.6. The lowest BCUT2D eigenvalue weighted by Gasteiger charge is -2.41. The van der Waals surface area contributed by atoms with Gasteiger partial charge >= 0.3 is 0 Å². The zero-order valence-electron chi connectivity index (χ0n) is 23.8. The average Bonchev–Trinajstić information content (AvgIpc) is 3.64. The van der Waals surface area contributed by atoms with E-state index in [9.17, 15) is 0 Å². The van der Waals surface area contributed by atoms with Crippen molar-refractivity contribution in [3.8, 4) is 0 Å². The summed E-state index contributed by atoms with van der Waals surface area (Å²) in [5, 5.41) is 0.